The van der Waals surface area contributed by atoms with E-state index in [0.29, 0.717) is 12.0 Å². The fourth-order valence-electron chi connectivity index (χ4n) is 3.13. The number of carbonyl (C=O) groups is 3. The number of ether oxygens (including phenoxy) is 1. The van der Waals surface area contributed by atoms with E-state index in [1.54, 1.807) is 25.1 Å². The number of ketones is 1. The number of hydrogen-bond donors (Lipinski definition) is 1. The average Bonchev–Trinajstić information content (AvgIpc) is 2.95. The van der Waals surface area contributed by atoms with Crippen LogP contribution in [0.4, 0.5) is 5.69 Å². The highest BCUT2D eigenvalue weighted by atomic mass is 16.5. The van der Waals surface area contributed by atoms with Crippen LogP contribution in [0.5, 0.6) is 0 Å². The highest BCUT2D eigenvalue weighted by molar-refractivity contribution is 6.05. The lowest BCUT2D eigenvalue weighted by atomic mass is 9.97. The van der Waals surface area contributed by atoms with Gasteiger partial charge in [0.15, 0.2) is 12.4 Å². The molecule has 5 nitrogen and oxygen atoms in total. The molecule has 26 heavy (non-hydrogen) atoms. The number of benzene rings is 2. The predicted molar refractivity (Wildman–Crippen MR) is 98.3 cm³/mol. The summed E-state index contributed by atoms with van der Waals surface area (Å²) in [6, 6.07) is 14.4. The van der Waals surface area contributed by atoms with Crippen molar-refractivity contribution in [3.63, 3.8) is 0 Å². The molecule has 0 bridgehead atoms. The molecule has 2 atom stereocenters. The molecule has 3 rings (SSSR count). The van der Waals surface area contributed by atoms with E-state index in [1.165, 1.54) is 0 Å². The van der Waals surface area contributed by atoms with E-state index >= 15 is 0 Å². The first kappa shape index (κ1) is 17.9. The topological polar surface area (TPSA) is 72.5 Å². The van der Waals surface area contributed by atoms with Gasteiger partial charge in [0.05, 0.1) is 11.8 Å². The molecule has 0 saturated carbocycles. The van der Waals surface area contributed by atoms with E-state index in [4.69, 9.17) is 4.74 Å². The molecule has 1 aliphatic heterocycles. The standard InChI is InChI=1S/C21H21NO4/c1-3-16(14-7-5-4-6-8-14)21(25)26-12-19(23)15-9-10-18-17(11-15)13(2)20(24)22-18/h4-11,13,16H,3,12H2,1-2H3,(H,22,24)/t13-,16+/m0/s1. The lowest BCUT2D eigenvalue weighted by Crippen LogP contribution is -2.20. The predicted octanol–water partition coefficient (Wildman–Crippen LogP) is 3.66. The number of Topliss-reactive ketones (excluding diaryl/α,β-unsaturated/α-hetero) is 1. The van der Waals surface area contributed by atoms with E-state index in [2.05, 4.69) is 5.32 Å². The normalized spacial score (nSPS) is 16.5. The van der Waals surface area contributed by atoms with Crippen LogP contribution in [0.15, 0.2) is 48.5 Å². The number of fused-ring (bicyclic) bond motifs is 1. The summed E-state index contributed by atoms with van der Waals surface area (Å²) in [5.41, 5.74) is 2.84. The minimum absolute atomic E-state index is 0.0790. The molecule has 1 N–H and O–H groups in total. The van der Waals surface area contributed by atoms with Gasteiger partial charge in [0, 0.05) is 11.3 Å². The van der Waals surface area contributed by atoms with Gasteiger partial charge in [-0.2, -0.15) is 0 Å². The van der Waals surface area contributed by atoms with Gasteiger partial charge in [0.1, 0.15) is 0 Å². The zero-order valence-corrected chi connectivity index (χ0v) is 14.8. The molecule has 5 heteroatoms. The Balaban J connectivity index is 1.66. The maximum atomic E-state index is 12.4. The van der Waals surface area contributed by atoms with Crippen LogP contribution in [0.2, 0.25) is 0 Å². The molecular formula is C21H21NO4. The quantitative estimate of drug-likeness (QED) is 0.637. The number of rotatable bonds is 6. The zero-order chi connectivity index (χ0) is 18.7. The molecule has 0 spiro atoms. The summed E-state index contributed by atoms with van der Waals surface area (Å²) in [6.07, 6.45) is 0.598. The highest BCUT2D eigenvalue weighted by Gasteiger charge is 2.27. The van der Waals surface area contributed by atoms with Crippen molar-refractivity contribution in [1.29, 1.82) is 0 Å². The van der Waals surface area contributed by atoms with Crippen molar-refractivity contribution >= 4 is 23.3 Å². The second kappa shape index (κ2) is 7.52. The van der Waals surface area contributed by atoms with Crippen LogP contribution in [-0.4, -0.2) is 24.3 Å². The van der Waals surface area contributed by atoms with Gasteiger partial charge in [-0.3, -0.25) is 14.4 Å². The average molecular weight is 351 g/mol. The van der Waals surface area contributed by atoms with Crippen LogP contribution in [0.1, 0.15) is 53.6 Å². The Morgan fingerprint density at radius 3 is 2.58 bits per heavy atom. The van der Waals surface area contributed by atoms with Gasteiger partial charge in [0.25, 0.3) is 0 Å². The summed E-state index contributed by atoms with van der Waals surface area (Å²) in [7, 11) is 0. The molecule has 0 unspecified atom stereocenters. The van der Waals surface area contributed by atoms with Gasteiger partial charge in [-0.15, -0.1) is 0 Å². The van der Waals surface area contributed by atoms with Gasteiger partial charge in [-0.25, -0.2) is 0 Å². The van der Waals surface area contributed by atoms with Gasteiger partial charge >= 0.3 is 5.97 Å². The highest BCUT2D eigenvalue weighted by Crippen LogP contribution is 2.32. The molecular weight excluding hydrogens is 330 g/mol. The molecule has 1 heterocycles. The molecule has 1 amide bonds. The molecule has 0 aliphatic carbocycles. The number of anilines is 1. The lowest BCUT2D eigenvalue weighted by molar-refractivity contribution is -0.144. The summed E-state index contributed by atoms with van der Waals surface area (Å²) >= 11 is 0. The first-order valence-corrected chi connectivity index (χ1v) is 8.70. The van der Waals surface area contributed by atoms with E-state index in [9.17, 15) is 14.4 Å². The minimum atomic E-state index is -0.404. The van der Waals surface area contributed by atoms with Crippen molar-refractivity contribution in [2.45, 2.75) is 32.1 Å². The molecule has 0 saturated heterocycles. The second-order valence-corrected chi connectivity index (χ2v) is 6.42. The lowest BCUT2D eigenvalue weighted by Gasteiger charge is -2.14. The van der Waals surface area contributed by atoms with Crippen LogP contribution in [-0.2, 0) is 14.3 Å². The number of amides is 1. The Bertz CT molecular complexity index is 844. The van der Waals surface area contributed by atoms with E-state index in [0.717, 1.165) is 16.8 Å². The van der Waals surface area contributed by atoms with Gasteiger partial charge in [0.2, 0.25) is 5.91 Å². The first-order chi connectivity index (χ1) is 12.5. The van der Waals surface area contributed by atoms with Crippen molar-refractivity contribution in [2.24, 2.45) is 0 Å². The van der Waals surface area contributed by atoms with Crippen molar-refractivity contribution in [2.75, 3.05) is 11.9 Å². The number of hydrogen-bond acceptors (Lipinski definition) is 4. The SMILES string of the molecule is CC[C@@H](C(=O)OCC(=O)c1ccc2c(c1)[C@H](C)C(=O)N2)c1ccccc1. The van der Waals surface area contributed by atoms with Crippen LogP contribution in [0.25, 0.3) is 0 Å². The summed E-state index contributed by atoms with van der Waals surface area (Å²) in [5.74, 6) is -1.44. The van der Waals surface area contributed by atoms with E-state index < -0.39 is 5.97 Å². The third-order valence-corrected chi connectivity index (χ3v) is 4.73. The van der Waals surface area contributed by atoms with Gasteiger partial charge in [-0.05, 0) is 42.7 Å². The molecule has 2 aromatic rings. The maximum Gasteiger partial charge on any atom is 0.313 e. The van der Waals surface area contributed by atoms with Crippen LogP contribution in [0.3, 0.4) is 0 Å². The van der Waals surface area contributed by atoms with Gasteiger partial charge in [-0.1, -0.05) is 37.3 Å². The Kier molecular flexibility index (Phi) is 5.16. The summed E-state index contributed by atoms with van der Waals surface area (Å²) in [6.45, 7) is 3.39. The van der Waals surface area contributed by atoms with Crippen molar-refractivity contribution in [1.82, 2.24) is 0 Å². The second-order valence-electron chi connectivity index (χ2n) is 6.42. The maximum absolute atomic E-state index is 12.4. The Morgan fingerprint density at radius 2 is 1.88 bits per heavy atom. The Labute approximate surface area is 152 Å². The Hall–Kier alpha value is -2.95. The number of carbonyl (C=O) groups excluding carboxylic acids is 3. The molecule has 134 valence electrons. The van der Waals surface area contributed by atoms with Crippen molar-refractivity contribution in [3.8, 4) is 0 Å². The number of esters is 1. The summed E-state index contributed by atoms with van der Waals surface area (Å²) < 4.78 is 5.26. The Morgan fingerprint density at radius 1 is 1.15 bits per heavy atom. The van der Waals surface area contributed by atoms with Gasteiger partial charge < -0.3 is 10.1 Å². The van der Waals surface area contributed by atoms with Crippen molar-refractivity contribution in [3.05, 3.63) is 65.2 Å². The van der Waals surface area contributed by atoms with Crippen LogP contribution < -0.4 is 5.32 Å². The zero-order valence-electron chi connectivity index (χ0n) is 14.8. The number of nitrogens with one attached hydrogen (secondary N) is 1. The van der Waals surface area contributed by atoms with Crippen LogP contribution in [0, 0.1) is 0 Å². The fourth-order valence-corrected chi connectivity index (χ4v) is 3.13. The molecule has 0 radical (unpaired) electrons. The van der Waals surface area contributed by atoms with Crippen LogP contribution >= 0.6 is 0 Å². The fraction of sp³-hybridized carbons (Fsp3) is 0.286. The van der Waals surface area contributed by atoms with E-state index in [1.807, 2.05) is 37.3 Å². The van der Waals surface area contributed by atoms with E-state index in [-0.39, 0.29) is 30.1 Å². The van der Waals surface area contributed by atoms with Crippen molar-refractivity contribution < 1.29 is 19.1 Å². The third kappa shape index (κ3) is 3.52. The third-order valence-electron chi connectivity index (χ3n) is 4.73. The minimum Gasteiger partial charge on any atom is -0.457 e. The molecule has 0 fully saturated rings. The molecule has 0 aromatic heterocycles. The molecule has 2 aromatic carbocycles. The summed E-state index contributed by atoms with van der Waals surface area (Å²) in [5, 5.41) is 2.77. The first-order valence-electron chi connectivity index (χ1n) is 8.70. The molecule has 1 aliphatic rings. The monoisotopic (exact) mass is 351 g/mol. The smallest absolute Gasteiger partial charge is 0.313 e. The largest absolute Gasteiger partial charge is 0.457 e. The summed E-state index contributed by atoms with van der Waals surface area (Å²) in [4.78, 5) is 36.5.